The van der Waals surface area contributed by atoms with Crippen molar-refractivity contribution < 1.29 is 9.53 Å². The summed E-state index contributed by atoms with van der Waals surface area (Å²) in [7, 11) is 0. The number of carbonyl (C=O) groups excluding carboxylic acids is 1. The summed E-state index contributed by atoms with van der Waals surface area (Å²) in [5, 5.41) is 11.7. The number of carbonyl (C=O) groups is 1. The zero-order valence-electron chi connectivity index (χ0n) is 16.8. The first-order valence-corrected chi connectivity index (χ1v) is 9.94. The van der Waals surface area contributed by atoms with Gasteiger partial charge in [-0.1, -0.05) is 60.7 Å². The Morgan fingerprint density at radius 1 is 0.933 bits per heavy atom. The first-order valence-electron chi connectivity index (χ1n) is 9.94. The number of hydrogen-bond acceptors (Lipinski definition) is 4. The van der Waals surface area contributed by atoms with Crippen LogP contribution in [0, 0.1) is 0 Å². The molecule has 0 unspecified atom stereocenters. The molecule has 5 nitrogen and oxygen atoms in total. The van der Waals surface area contributed by atoms with E-state index in [0.29, 0.717) is 6.61 Å². The molecule has 0 radical (unpaired) electrons. The number of nitrogens with one attached hydrogen (secondary N) is 2. The Labute approximate surface area is 175 Å². The minimum Gasteiger partial charge on any atom is -0.493 e. The van der Waals surface area contributed by atoms with Crippen molar-refractivity contribution in [2.24, 2.45) is 5.10 Å². The van der Waals surface area contributed by atoms with Gasteiger partial charge in [-0.25, -0.2) is 5.43 Å². The molecule has 4 rings (SSSR count). The molecule has 0 heterocycles. The van der Waals surface area contributed by atoms with Crippen LogP contribution in [0.25, 0.3) is 21.5 Å². The lowest BCUT2D eigenvalue weighted by Gasteiger charge is -2.10. The summed E-state index contributed by atoms with van der Waals surface area (Å²) < 4.78 is 5.73. The molecule has 30 heavy (non-hydrogen) atoms. The van der Waals surface area contributed by atoms with Gasteiger partial charge >= 0.3 is 0 Å². The standard InChI is InChI=1S/C25H23N3O2/c1-2-30-24-14-12-19-8-5-6-10-22(19)23(24)16-27-28-25(29)17-26-21-13-11-18-7-3-4-9-20(18)15-21/h3-16,26H,2,17H2,1H3,(H,28,29)/b27-16+. The topological polar surface area (TPSA) is 62.7 Å². The van der Waals surface area contributed by atoms with Crippen molar-refractivity contribution in [3.63, 3.8) is 0 Å². The van der Waals surface area contributed by atoms with Gasteiger partial charge in [-0.3, -0.25) is 4.79 Å². The Balaban J connectivity index is 1.42. The summed E-state index contributed by atoms with van der Waals surface area (Å²) in [5.41, 5.74) is 4.32. The fourth-order valence-corrected chi connectivity index (χ4v) is 3.38. The maximum absolute atomic E-state index is 12.2. The molecule has 1 amide bonds. The average molecular weight is 397 g/mol. The van der Waals surface area contributed by atoms with E-state index >= 15 is 0 Å². The van der Waals surface area contributed by atoms with Crippen molar-refractivity contribution in [1.29, 1.82) is 0 Å². The van der Waals surface area contributed by atoms with Gasteiger partial charge in [-0.05, 0) is 46.7 Å². The maximum Gasteiger partial charge on any atom is 0.259 e. The van der Waals surface area contributed by atoms with Crippen LogP contribution < -0.4 is 15.5 Å². The molecule has 0 saturated heterocycles. The quantitative estimate of drug-likeness (QED) is 0.342. The number of fused-ring (bicyclic) bond motifs is 2. The van der Waals surface area contributed by atoms with Gasteiger partial charge < -0.3 is 10.1 Å². The van der Waals surface area contributed by atoms with Gasteiger partial charge in [-0.15, -0.1) is 0 Å². The van der Waals surface area contributed by atoms with E-state index < -0.39 is 0 Å². The van der Waals surface area contributed by atoms with Gasteiger partial charge in [0.15, 0.2) is 0 Å². The van der Waals surface area contributed by atoms with Gasteiger partial charge in [0.2, 0.25) is 0 Å². The molecule has 4 aromatic rings. The highest BCUT2D eigenvalue weighted by atomic mass is 16.5. The Morgan fingerprint density at radius 2 is 1.67 bits per heavy atom. The molecular formula is C25H23N3O2. The molecule has 5 heteroatoms. The van der Waals surface area contributed by atoms with Gasteiger partial charge in [0, 0.05) is 11.3 Å². The minimum absolute atomic E-state index is 0.129. The third-order valence-corrected chi connectivity index (χ3v) is 4.82. The summed E-state index contributed by atoms with van der Waals surface area (Å²) in [4.78, 5) is 12.2. The average Bonchev–Trinajstić information content (AvgIpc) is 2.79. The van der Waals surface area contributed by atoms with Crippen molar-refractivity contribution in [3.05, 3.63) is 84.4 Å². The summed E-state index contributed by atoms with van der Waals surface area (Å²) >= 11 is 0. The van der Waals surface area contributed by atoms with Gasteiger partial charge in [0.05, 0.1) is 19.4 Å². The minimum atomic E-state index is -0.224. The van der Waals surface area contributed by atoms with Crippen LogP contribution in [-0.4, -0.2) is 25.3 Å². The van der Waals surface area contributed by atoms with E-state index in [1.807, 2.05) is 79.7 Å². The molecule has 0 aromatic heterocycles. The Bertz CT molecular complexity index is 1220. The number of rotatable bonds is 7. The van der Waals surface area contributed by atoms with Crippen molar-refractivity contribution >= 4 is 39.4 Å². The van der Waals surface area contributed by atoms with Gasteiger partial charge in [0.25, 0.3) is 5.91 Å². The fraction of sp³-hybridized carbons (Fsp3) is 0.120. The van der Waals surface area contributed by atoms with E-state index in [9.17, 15) is 4.79 Å². The molecule has 2 N–H and O–H groups in total. The highest BCUT2D eigenvalue weighted by molar-refractivity contribution is 6.02. The first kappa shape index (κ1) is 19.5. The van der Waals surface area contributed by atoms with Gasteiger partial charge in [-0.2, -0.15) is 5.10 Å². The Morgan fingerprint density at radius 3 is 2.50 bits per heavy atom. The van der Waals surface area contributed by atoms with E-state index in [-0.39, 0.29) is 12.5 Å². The summed E-state index contributed by atoms with van der Waals surface area (Å²) in [6.07, 6.45) is 1.64. The summed E-state index contributed by atoms with van der Waals surface area (Å²) in [6, 6.07) is 26.1. The van der Waals surface area contributed by atoms with Crippen molar-refractivity contribution in [1.82, 2.24) is 5.43 Å². The molecule has 0 fully saturated rings. The van der Waals surface area contributed by atoms with Crippen LogP contribution in [-0.2, 0) is 4.79 Å². The lowest BCUT2D eigenvalue weighted by Crippen LogP contribution is -2.25. The molecular weight excluding hydrogens is 374 g/mol. The highest BCUT2D eigenvalue weighted by Crippen LogP contribution is 2.26. The lowest BCUT2D eigenvalue weighted by atomic mass is 10.0. The van der Waals surface area contributed by atoms with Crippen molar-refractivity contribution in [2.75, 3.05) is 18.5 Å². The van der Waals surface area contributed by atoms with E-state index in [0.717, 1.165) is 38.5 Å². The molecule has 0 aliphatic rings. The molecule has 0 aliphatic carbocycles. The number of hydrazone groups is 1. The molecule has 0 spiro atoms. The first-order chi connectivity index (χ1) is 14.7. The van der Waals surface area contributed by atoms with Crippen LogP contribution in [0.4, 0.5) is 5.69 Å². The second-order valence-electron chi connectivity index (χ2n) is 6.84. The van der Waals surface area contributed by atoms with E-state index in [4.69, 9.17) is 4.74 Å². The smallest absolute Gasteiger partial charge is 0.259 e. The van der Waals surface area contributed by atoms with E-state index in [1.54, 1.807) is 6.21 Å². The predicted octanol–water partition coefficient (Wildman–Crippen LogP) is 4.95. The molecule has 0 bridgehead atoms. The Kier molecular flexibility index (Phi) is 5.90. The molecule has 0 atom stereocenters. The van der Waals surface area contributed by atoms with Crippen LogP contribution in [0.3, 0.4) is 0 Å². The number of amides is 1. The van der Waals surface area contributed by atoms with Crippen molar-refractivity contribution in [3.8, 4) is 5.75 Å². The molecule has 0 aliphatic heterocycles. The van der Waals surface area contributed by atoms with E-state index in [1.165, 1.54) is 0 Å². The Hall–Kier alpha value is -3.86. The number of anilines is 1. The maximum atomic E-state index is 12.2. The molecule has 0 saturated carbocycles. The summed E-state index contributed by atoms with van der Waals surface area (Å²) in [6.45, 7) is 2.63. The monoisotopic (exact) mass is 397 g/mol. The summed E-state index contributed by atoms with van der Waals surface area (Å²) in [5.74, 6) is 0.515. The third-order valence-electron chi connectivity index (χ3n) is 4.82. The predicted molar refractivity (Wildman–Crippen MR) is 123 cm³/mol. The van der Waals surface area contributed by atoms with Gasteiger partial charge in [0.1, 0.15) is 5.75 Å². The third kappa shape index (κ3) is 4.41. The van der Waals surface area contributed by atoms with Crippen molar-refractivity contribution in [2.45, 2.75) is 6.92 Å². The normalized spacial score (nSPS) is 11.1. The van der Waals surface area contributed by atoms with Crippen LogP contribution in [0.1, 0.15) is 12.5 Å². The SMILES string of the molecule is CCOc1ccc2ccccc2c1/C=N/NC(=O)CNc1ccc2ccccc2c1. The number of nitrogens with zero attached hydrogens (tertiary/aromatic N) is 1. The van der Waals surface area contributed by atoms with Crippen LogP contribution in [0.2, 0.25) is 0 Å². The highest BCUT2D eigenvalue weighted by Gasteiger charge is 2.07. The zero-order valence-corrected chi connectivity index (χ0v) is 16.8. The van der Waals surface area contributed by atoms with Crippen LogP contribution in [0.5, 0.6) is 5.75 Å². The number of hydrogen-bond donors (Lipinski definition) is 2. The molecule has 4 aromatic carbocycles. The fourth-order valence-electron chi connectivity index (χ4n) is 3.38. The molecule has 150 valence electrons. The zero-order chi connectivity index (χ0) is 20.8. The second kappa shape index (κ2) is 9.09. The van der Waals surface area contributed by atoms with E-state index in [2.05, 4.69) is 21.9 Å². The lowest BCUT2D eigenvalue weighted by molar-refractivity contribution is -0.119. The van der Waals surface area contributed by atoms with Crippen LogP contribution >= 0.6 is 0 Å². The van der Waals surface area contributed by atoms with Crippen LogP contribution in [0.15, 0.2) is 84.0 Å². The second-order valence-corrected chi connectivity index (χ2v) is 6.84. The largest absolute Gasteiger partial charge is 0.493 e. The number of ether oxygens (including phenoxy) is 1. The number of benzene rings is 4.